The van der Waals surface area contributed by atoms with E-state index in [1.54, 1.807) is 0 Å². The number of aromatic nitrogens is 6. The number of Topliss-reactive ketones (excluding diaryl/α,β-unsaturated/α-hetero) is 2. The summed E-state index contributed by atoms with van der Waals surface area (Å²) in [5.41, 5.74) is 17.1. The molecule has 6 aromatic heterocycles. The van der Waals surface area contributed by atoms with Crippen molar-refractivity contribution in [2.45, 2.75) is 130 Å². The van der Waals surface area contributed by atoms with Gasteiger partial charge in [-0.1, -0.05) is 196 Å². The molecule has 93 heavy (non-hydrogen) atoms. The summed E-state index contributed by atoms with van der Waals surface area (Å²) in [5.74, 6) is 0.348. The quantitative estimate of drug-likeness (QED) is 0.118. The molecule has 0 spiro atoms. The predicted molar refractivity (Wildman–Crippen MR) is 389 cm³/mol. The molecule has 0 N–H and O–H groups in total. The van der Waals surface area contributed by atoms with Gasteiger partial charge in [-0.3, -0.25) is 9.59 Å². The molecule has 8 heteroatoms. The molecule has 0 saturated heterocycles. The lowest BCUT2D eigenvalue weighted by Gasteiger charge is -1.98. The molecule has 0 bridgehead atoms. The van der Waals surface area contributed by atoms with Crippen LogP contribution < -0.4 is 27.4 Å². The number of rotatable bonds is 7. The fraction of sp³-hybridized carbons (Fsp3) is 0.271. The van der Waals surface area contributed by atoms with E-state index in [1.807, 2.05) is 259 Å². The van der Waals surface area contributed by atoms with E-state index in [4.69, 9.17) is 0 Å². The third kappa shape index (κ3) is 39.3. The Morgan fingerprint density at radius 2 is 0.591 bits per heavy atom. The minimum absolute atomic E-state index is 0.135. The van der Waals surface area contributed by atoms with Gasteiger partial charge in [-0.15, -0.1) is 0 Å². The maximum atomic E-state index is 11.9. The Bertz CT molecular complexity index is 3420. The fourth-order valence-electron chi connectivity index (χ4n) is 7.85. The molecule has 0 radical (unpaired) electrons. The van der Waals surface area contributed by atoms with Crippen molar-refractivity contribution in [3.8, 4) is 5.69 Å². The van der Waals surface area contributed by atoms with Crippen LogP contribution in [0.2, 0.25) is 0 Å². The van der Waals surface area contributed by atoms with Crippen LogP contribution in [0.5, 0.6) is 0 Å². The third-order valence-corrected chi connectivity index (χ3v) is 13.4. The van der Waals surface area contributed by atoms with E-state index in [1.165, 1.54) is 66.9 Å². The SMILES string of the molecule is CC.CC.CCC(=O)c1ccc(C)cc1.CCc1ccc(C)cc1.Cc1cc[n+](C)cc1.Cc1cc[n+](C)cc1.Cc1ccc(-[n+]2ccccc2)cc1.Cc1ccc(C(=O)C[n+]2ccccc2)cc1.Cc1ccc(C)cc1.Cc1ccc[n+](C)c1.Cc1ccc[n+](C)c1. The largest absolute Gasteiger partial charge is 0.294 e. The van der Waals surface area contributed by atoms with Crippen molar-refractivity contribution >= 4 is 11.6 Å². The molecule has 0 unspecified atom stereocenters. The van der Waals surface area contributed by atoms with Crippen molar-refractivity contribution in [3.63, 3.8) is 0 Å². The standard InChI is InChI=1S/C14H14NO.C12H12N.C10H12O.C9H12.C8H10.4C7H10N.2C2H6/c1-12-5-7-13(8-6-12)14(16)11-15-9-3-2-4-10-15;1-11-5-7-12(8-6-11)13-9-3-2-4-10-13;1-3-10(11)9-6-4-8(2)5-7-9;1-3-9-6-4-8(2)5-7-9;3*1-7-3-5-8(2)6-4-7;2*1-7-4-3-5-8(2)6-7;2*1-2/h2-10H,11H2,1H3;2-10H,1H3;4-7H,3H2,1-2H3;4-7H,3H2,1-2H3;5*3-6H,1-2H3;2*1-2H3/q2*+1;;;;4*+1;;. The Labute approximate surface area is 562 Å². The van der Waals surface area contributed by atoms with Crippen LogP contribution >= 0.6 is 0 Å². The molecule has 0 amide bonds. The molecular weight excluding hydrogens is 1140 g/mol. The highest BCUT2D eigenvalue weighted by Crippen LogP contribution is 2.07. The molecule has 0 saturated carbocycles. The molecule has 0 aliphatic carbocycles. The Balaban J connectivity index is 0.000000525. The minimum Gasteiger partial charge on any atom is -0.294 e. The van der Waals surface area contributed by atoms with Crippen molar-refractivity contribution in [1.82, 2.24) is 0 Å². The average Bonchev–Trinajstić information content (AvgIpc) is 2.64. The average molecular weight is 1250 g/mol. The van der Waals surface area contributed by atoms with Crippen molar-refractivity contribution in [3.05, 3.63) is 353 Å². The minimum atomic E-state index is 0.135. The first-order valence-electron chi connectivity index (χ1n) is 32.6. The van der Waals surface area contributed by atoms with E-state index in [2.05, 4.69) is 188 Å². The predicted octanol–water partition coefficient (Wildman–Crippen LogP) is 17.2. The number of hydrogen-bond acceptors (Lipinski definition) is 2. The second kappa shape index (κ2) is 49.1. The summed E-state index contributed by atoms with van der Waals surface area (Å²) in [4.78, 5) is 23.0. The molecule has 0 fully saturated rings. The number of pyridine rings is 6. The van der Waals surface area contributed by atoms with Crippen LogP contribution in [0.1, 0.15) is 130 Å². The highest BCUT2D eigenvalue weighted by Gasteiger charge is 2.11. The molecule has 11 aromatic rings. The summed E-state index contributed by atoms with van der Waals surface area (Å²) in [7, 11) is 8.07. The normalized spacial score (nSPS) is 9.29. The lowest BCUT2D eigenvalue weighted by molar-refractivity contribution is -0.683. The molecule has 488 valence electrons. The maximum Gasteiger partial charge on any atom is 0.227 e. The van der Waals surface area contributed by atoms with Crippen molar-refractivity contribution in [2.75, 3.05) is 0 Å². The van der Waals surface area contributed by atoms with Gasteiger partial charge in [0.2, 0.25) is 18.0 Å². The van der Waals surface area contributed by atoms with Gasteiger partial charge in [0.15, 0.2) is 80.1 Å². The zero-order valence-electron chi connectivity index (χ0n) is 60.2. The fourth-order valence-corrected chi connectivity index (χ4v) is 7.85. The highest BCUT2D eigenvalue weighted by atomic mass is 16.1. The second-order valence-corrected chi connectivity index (χ2v) is 22.3. The van der Waals surface area contributed by atoms with E-state index >= 15 is 0 Å². The first-order chi connectivity index (χ1) is 44.6. The lowest BCUT2D eigenvalue weighted by atomic mass is 10.1. The Morgan fingerprint density at radius 3 is 0.892 bits per heavy atom. The number of nitrogens with zero attached hydrogens (tertiary/aromatic N) is 6. The number of hydrogen-bond donors (Lipinski definition) is 0. The van der Waals surface area contributed by atoms with E-state index in [9.17, 15) is 9.59 Å². The Kier molecular flexibility index (Phi) is 42.9. The van der Waals surface area contributed by atoms with Crippen LogP contribution in [-0.2, 0) is 41.2 Å². The molecule has 5 aromatic carbocycles. The van der Waals surface area contributed by atoms with Gasteiger partial charge in [0.1, 0.15) is 28.2 Å². The van der Waals surface area contributed by atoms with Gasteiger partial charge >= 0.3 is 0 Å². The van der Waals surface area contributed by atoms with Gasteiger partial charge < -0.3 is 0 Å². The van der Waals surface area contributed by atoms with Crippen molar-refractivity contribution in [1.29, 1.82) is 0 Å². The molecular formula is C85H112N6O2+6. The zero-order valence-corrected chi connectivity index (χ0v) is 60.2. The van der Waals surface area contributed by atoms with Crippen LogP contribution in [0.15, 0.2) is 281 Å². The van der Waals surface area contributed by atoms with Gasteiger partial charge in [-0.2, -0.15) is 9.13 Å². The van der Waals surface area contributed by atoms with Crippen LogP contribution in [0.25, 0.3) is 5.69 Å². The van der Waals surface area contributed by atoms with Gasteiger partial charge in [0, 0.05) is 101 Å². The summed E-state index contributed by atoms with van der Waals surface area (Å²) in [5, 5.41) is 0. The monoisotopic (exact) mass is 1250 g/mol. The lowest BCUT2D eigenvalue weighted by Crippen LogP contribution is -2.36. The van der Waals surface area contributed by atoms with Crippen LogP contribution in [-0.4, -0.2) is 11.6 Å². The summed E-state index contributed by atoms with van der Waals surface area (Å²) < 4.78 is 12.1. The van der Waals surface area contributed by atoms with Gasteiger partial charge in [-0.25, -0.2) is 18.3 Å². The number of carbonyl (C=O) groups excluding carboxylic acids is 2. The summed E-state index contributed by atoms with van der Waals surface area (Å²) >= 11 is 0. The molecule has 8 nitrogen and oxygen atoms in total. The zero-order chi connectivity index (χ0) is 69.3. The smallest absolute Gasteiger partial charge is 0.227 e. The van der Waals surface area contributed by atoms with Gasteiger partial charge in [0.05, 0.1) is 0 Å². The summed E-state index contributed by atoms with van der Waals surface area (Å²) in [6, 6.07) is 69.4. The van der Waals surface area contributed by atoms with E-state index in [0.29, 0.717) is 13.0 Å². The number of benzene rings is 5. The first-order valence-corrected chi connectivity index (χ1v) is 32.6. The van der Waals surface area contributed by atoms with Crippen molar-refractivity contribution < 1.29 is 37.0 Å². The number of ketones is 2. The molecule has 11 rings (SSSR count). The molecule has 0 aliphatic heterocycles. The highest BCUT2D eigenvalue weighted by molar-refractivity contribution is 5.96. The van der Waals surface area contributed by atoms with Crippen molar-refractivity contribution in [2.24, 2.45) is 28.2 Å². The topological polar surface area (TPSA) is 57.4 Å². The molecule has 0 atom stereocenters. The van der Waals surface area contributed by atoms with E-state index in [0.717, 1.165) is 17.5 Å². The van der Waals surface area contributed by atoms with Crippen LogP contribution in [0.3, 0.4) is 0 Å². The first kappa shape index (κ1) is 81.4. The maximum absolute atomic E-state index is 11.9. The summed E-state index contributed by atoms with van der Waals surface area (Å²) in [6.45, 7) is 33.2. The Hall–Kier alpha value is -9.66. The van der Waals surface area contributed by atoms with Crippen LogP contribution in [0.4, 0.5) is 0 Å². The van der Waals surface area contributed by atoms with Crippen LogP contribution in [0, 0.1) is 69.2 Å². The third-order valence-electron chi connectivity index (χ3n) is 13.4. The molecule has 6 heterocycles. The second-order valence-electron chi connectivity index (χ2n) is 22.3. The number of aryl methyl sites for hydroxylation is 15. The van der Waals surface area contributed by atoms with E-state index < -0.39 is 0 Å². The number of carbonyl (C=O) groups is 2. The van der Waals surface area contributed by atoms with Gasteiger partial charge in [-0.05, 0) is 104 Å². The van der Waals surface area contributed by atoms with E-state index in [-0.39, 0.29) is 11.6 Å². The van der Waals surface area contributed by atoms with Gasteiger partial charge in [0.25, 0.3) is 0 Å². The molecule has 0 aliphatic rings. The Morgan fingerprint density at radius 1 is 0.290 bits per heavy atom. The summed E-state index contributed by atoms with van der Waals surface area (Å²) in [6.07, 6.45) is 26.0.